The van der Waals surface area contributed by atoms with Crippen molar-refractivity contribution >= 4 is 33.8 Å². The summed E-state index contributed by atoms with van der Waals surface area (Å²) >= 11 is 1.50. The lowest BCUT2D eigenvalue weighted by Crippen LogP contribution is -2.33. The lowest BCUT2D eigenvalue weighted by atomic mass is 10.1. The van der Waals surface area contributed by atoms with Crippen molar-refractivity contribution in [3.8, 4) is 11.3 Å². The number of anilines is 3. The summed E-state index contributed by atoms with van der Waals surface area (Å²) in [6.45, 7) is 3.67. The van der Waals surface area contributed by atoms with Crippen LogP contribution in [0.3, 0.4) is 0 Å². The minimum Gasteiger partial charge on any atom is -0.332 e. The highest BCUT2D eigenvalue weighted by Gasteiger charge is 2.29. The lowest BCUT2D eigenvalue weighted by molar-refractivity contribution is -0.116. The van der Waals surface area contributed by atoms with Gasteiger partial charge < -0.3 is 10.2 Å². The van der Waals surface area contributed by atoms with Crippen LogP contribution in [0.4, 0.5) is 20.9 Å². The molecule has 0 radical (unpaired) electrons. The van der Waals surface area contributed by atoms with Crippen LogP contribution in [0.2, 0.25) is 0 Å². The third-order valence-corrected chi connectivity index (χ3v) is 5.29. The molecule has 1 aliphatic rings. The SMILES string of the molecule is CC(=O)N1c2ccc(-c3csc(Nc4ccc(F)cc4)n3)cc2CC1C. The summed E-state index contributed by atoms with van der Waals surface area (Å²) in [6, 6.07) is 12.5. The Hall–Kier alpha value is -2.73. The average molecular weight is 367 g/mol. The van der Waals surface area contributed by atoms with Crippen LogP contribution in [0.1, 0.15) is 19.4 Å². The van der Waals surface area contributed by atoms with Gasteiger partial charge in [0.15, 0.2) is 5.13 Å². The molecule has 0 saturated carbocycles. The Morgan fingerprint density at radius 3 is 2.77 bits per heavy atom. The monoisotopic (exact) mass is 367 g/mol. The first-order valence-electron chi connectivity index (χ1n) is 8.42. The van der Waals surface area contributed by atoms with E-state index < -0.39 is 0 Å². The van der Waals surface area contributed by atoms with Crippen molar-refractivity contribution in [2.24, 2.45) is 0 Å². The van der Waals surface area contributed by atoms with Crippen molar-refractivity contribution < 1.29 is 9.18 Å². The van der Waals surface area contributed by atoms with Crippen LogP contribution < -0.4 is 10.2 Å². The van der Waals surface area contributed by atoms with E-state index in [-0.39, 0.29) is 17.8 Å². The fourth-order valence-corrected chi connectivity index (χ4v) is 4.13. The minimum atomic E-state index is -0.262. The molecule has 1 amide bonds. The third-order valence-electron chi connectivity index (χ3n) is 4.53. The van der Waals surface area contributed by atoms with E-state index in [0.717, 1.165) is 34.2 Å². The fourth-order valence-electron chi connectivity index (χ4n) is 3.39. The van der Waals surface area contributed by atoms with Gasteiger partial charge in [0.1, 0.15) is 5.82 Å². The summed E-state index contributed by atoms with van der Waals surface area (Å²) in [6.07, 6.45) is 0.855. The van der Waals surface area contributed by atoms with Crippen LogP contribution in [0.15, 0.2) is 47.8 Å². The van der Waals surface area contributed by atoms with Gasteiger partial charge in [-0.1, -0.05) is 6.07 Å². The zero-order valence-corrected chi connectivity index (χ0v) is 15.3. The second kappa shape index (κ2) is 6.53. The number of benzene rings is 2. The molecular formula is C20H18FN3OS. The van der Waals surface area contributed by atoms with Gasteiger partial charge in [0.25, 0.3) is 0 Å². The number of nitrogens with one attached hydrogen (secondary N) is 1. The highest BCUT2D eigenvalue weighted by atomic mass is 32.1. The van der Waals surface area contributed by atoms with Crippen LogP contribution in [0, 0.1) is 5.82 Å². The molecule has 1 aliphatic heterocycles. The molecule has 0 aliphatic carbocycles. The van der Waals surface area contributed by atoms with Crippen molar-refractivity contribution in [1.82, 2.24) is 4.98 Å². The maximum atomic E-state index is 13.0. The average Bonchev–Trinajstić information content (AvgIpc) is 3.19. The predicted octanol–water partition coefficient (Wildman–Crippen LogP) is 4.99. The summed E-state index contributed by atoms with van der Waals surface area (Å²) < 4.78 is 13.0. The molecule has 0 saturated heterocycles. The summed E-state index contributed by atoms with van der Waals surface area (Å²) in [5.41, 5.74) is 4.88. The Morgan fingerprint density at radius 2 is 2.04 bits per heavy atom. The molecule has 0 fully saturated rings. The number of amides is 1. The van der Waals surface area contributed by atoms with E-state index in [9.17, 15) is 9.18 Å². The van der Waals surface area contributed by atoms with Gasteiger partial charge in [-0.15, -0.1) is 11.3 Å². The van der Waals surface area contributed by atoms with Crippen LogP contribution in [0.5, 0.6) is 0 Å². The molecule has 4 nitrogen and oxygen atoms in total. The summed E-state index contributed by atoms with van der Waals surface area (Å²) in [5, 5.41) is 5.94. The molecule has 0 spiro atoms. The quantitative estimate of drug-likeness (QED) is 0.709. The first-order valence-corrected chi connectivity index (χ1v) is 9.30. The Morgan fingerprint density at radius 1 is 1.27 bits per heavy atom. The van der Waals surface area contributed by atoms with Gasteiger partial charge >= 0.3 is 0 Å². The molecule has 2 heterocycles. The maximum absolute atomic E-state index is 13.0. The zero-order chi connectivity index (χ0) is 18.3. The molecule has 0 bridgehead atoms. The highest BCUT2D eigenvalue weighted by molar-refractivity contribution is 7.14. The lowest BCUT2D eigenvalue weighted by Gasteiger charge is -2.20. The second-order valence-electron chi connectivity index (χ2n) is 6.46. The van der Waals surface area contributed by atoms with Crippen LogP contribution in [-0.4, -0.2) is 16.9 Å². The number of hydrogen-bond acceptors (Lipinski definition) is 4. The number of thiazole rings is 1. The van der Waals surface area contributed by atoms with Gasteiger partial charge in [-0.2, -0.15) is 0 Å². The number of carbonyl (C=O) groups excluding carboxylic acids is 1. The molecule has 1 unspecified atom stereocenters. The van der Waals surface area contributed by atoms with E-state index in [0.29, 0.717) is 0 Å². The van der Waals surface area contributed by atoms with Gasteiger partial charge in [0.05, 0.1) is 5.69 Å². The third kappa shape index (κ3) is 3.08. The van der Waals surface area contributed by atoms with Crippen molar-refractivity contribution in [2.75, 3.05) is 10.2 Å². The first kappa shape index (κ1) is 16.7. The largest absolute Gasteiger partial charge is 0.332 e. The highest BCUT2D eigenvalue weighted by Crippen LogP contribution is 2.36. The standard InChI is InChI=1S/C20H18FN3OS/c1-12-9-15-10-14(3-8-19(15)24(12)13(2)25)18-11-26-20(23-18)22-17-6-4-16(21)5-7-17/h3-8,10-12H,9H2,1-2H3,(H,22,23). The van der Waals surface area contributed by atoms with Gasteiger partial charge in [0.2, 0.25) is 5.91 Å². The van der Waals surface area contributed by atoms with Gasteiger partial charge in [-0.05, 0) is 55.3 Å². The predicted molar refractivity (Wildman–Crippen MR) is 104 cm³/mol. The molecule has 3 aromatic rings. The van der Waals surface area contributed by atoms with E-state index in [1.807, 2.05) is 22.4 Å². The molecule has 1 aromatic heterocycles. The van der Waals surface area contributed by atoms with Crippen LogP contribution in [-0.2, 0) is 11.2 Å². The molecular weight excluding hydrogens is 349 g/mol. The van der Waals surface area contributed by atoms with E-state index in [1.54, 1.807) is 19.1 Å². The molecule has 2 aromatic carbocycles. The zero-order valence-electron chi connectivity index (χ0n) is 14.5. The van der Waals surface area contributed by atoms with E-state index in [4.69, 9.17) is 0 Å². The number of aromatic nitrogens is 1. The molecule has 1 N–H and O–H groups in total. The number of rotatable bonds is 3. The Balaban J connectivity index is 1.58. The second-order valence-corrected chi connectivity index (χ2v) is 7.31. The fraction of sp³-hybridized carbons (Fsp3) is 0.200. The Labute approximate surface area is 155 Å². The molecule has 132 valence electrons. The smallest absolute Gasteiger partial charge is 0.224 e. The van der Waals surface area contributed by atoms with Gasteiger partial charge in [-0.25, -0.2) is 9.37 Å². The van der Waals surface area contributed by atoms with E-state index >= 15 is 0 Å². The van der Waals surface area contributed by atoms with Gasteiger partial charge in [0, 0.05) is 35.3 Å². The normalized spacial score (nSPS) is 15.8. The Bertz CT molecular complexity index is 967. The summed E-state index contributed by atoms with van der Waals surface area (Å²) in [5.74, 6) is -0.189. The van der Waals surface area contributed by atoms with Crippen molar-refractivity contribution in [2.45, 2.75) is 26.3 Å². The molecule has 4 rings (SSSR count). The first-order chi connectivity index (χ1) is 12.5. The minimum absolute atomic E-state index is 0.0726. The summed E-state index contributed by atoms with van der Waals surface area (Å²) in [4.78, 5) is 18.3. The maximum Gasteiger partial charge on any atom is 0.224 e. The van der Waals surface area contributed by atoms with E-state index in [1.165, 1.54) is 29.0 Å². The summed E-state index contributed by atoms with van der Waals surface area (Å²) in [7, 11) is 0. The van der Waals surface area contributed by atoms with Crippen LogP contribution >= 0.6 is 11.3 Å². The van der Waals surface area contributed by atoms with Crippen molar-refractivity contribution in [3.05, 3.63) is 59.2 Å². The number of halogens is 1. The van der Waals surface area contributed by atoms with E-state index in [2.05, 4.69) is 23.3 Å². The topological polar surface area (TPSA) is 45.2 Å². The van der Waals surface area contributed by atoms with Crippen LogP contribution in [0.25, 0.3) is 11.3 Å². The molecule has 26 heavy (non-hydrogen) atoms. The number of nitrogens with zero attached hydrogens (tertiary/aromatic N) is 2. The van der Waals surface area contributed by atoms with Gasteiger partial charge in [-0.3, -0.25) is 4.79 Å². The van der Waals surface area contributed by atoms with Crippen molar-refractivity contribution in [3.63, 3.8) is 0 Å². The van der Waals surface area contributed by atoms with Crippen molar-refractivity contribution in [1.29, 1.82) is 0 Å². The molecule has 6 heteroatoms. The number of hydrogen-bond donors (Lipinski definition) is 1. The Kier molecular flexibility index (Phi) is 4.20. The number of fused-ring (bicyclic) bond motifs is 1. The number of carbonyl (C=O) groups is 1. The molecule has 1 atom stereocenters.